The molecule has 2 aliphatic carbocycles. The summed E-state index contributed by atoms with van der Waals surface area (Å²) >= 11 is 0. The third-order valence-electron chi connectivity index (χ3n) is 5.92. The van der Waals surface area contributed by atoms with Crippen molar-refractivity contribution < 1.29 is 27.4 Å². The number of hydrogen-bond acceptors (Lipinski definition) is 4. The van der Waals surface area contributed by atoms with Gasteiger partial charge in [-0.1, -0.05) is 38.8 Å². The van der Waals surface area contributed by atoms with Crippen LogP contribution in [0.3, 0.4) is 0 Å². The Hall–Kier alpha value is -2.02. The van der Waals surface area contributed by atoms with Gasteiger partial charge >= 0.3 is 6.36 Å². The minimum absolute atomic E-state index is 0.00136. The molecule has 2 saturated carbocycles. The van der Waals surface area contributed by atoms with Crippen molar-refractivity contribution in [1.29, 1.82) is 0 Å². The lowest BCUT2D eigenvalue weighted by Gasteiger charge is -2.21. The normalized spacial score (nSPS) is 26.0. The highest BCUT2D eigenvalue weighted by Gasteiger charge is 2.35. The van der Waals surface area contributed by atoms with Crippen LogP contribution in [0.15, 0.2) is 29.8 Å². The van der Waals surface area contributed by atoms with Crippen molar-refractivity contribution in [3.05, 3.63) is 35.4 Å². The fourth-order valence-corrected chi connectivity index (χ4v) is 4.07. The molecule has 0 bridgehead atoms. The van der Waals surface area contributed by atoms with E-state index in [-0.39, 0.29) is 41.2 Å². The second kappa shape index (κ2) is 9.41. The molecular formula is C23H30F3NO3. The van der Waals surface area contributed by atoms with Crippen molar-refractivity contribution in [2.24, 2.45) is 23.5 Å². The number of Topliss-reactive ketones (excluding diaryl/α,β-unsaturated/α-hetero) is 1. The standard InChI is InChI=1S/C23H30F3NO3/c1-14-7-8-15(2)12-17(11-14)29-13-19(22(28)16-9-10-16)21(27)18-5-3-4-6-20(18)30-23(24,25)26/h3-6,14-17H,7-13,27H2,1-2H3. The maximum Gasteiger partial charge on any atom is 0.573 e. The van der Waals surface area contributed by atoms with Crippen LogP contribution in [0.4, 0.5) is 13.2 Å². The predicted molar refractivity (Wildman–Crippen MR) is 108 cm³/mol. The Morgan fingerprint density at radius 2 is 1.67 bits per heavy atom. The van der Waals surface area contributed by atoms with E-state index < -0.39 is 12.1 Å². The number of rotatable bonds is 7. The van der Waals surface area contributed by atoms with E-state index in [1.54, 1.807) is 6.07 Å². The van der Waals surface area contributed by atoms with Crippen LogP contribution in [0.1, 0.15) is 57.9 Å². The van der Waals surface area contributed by atoms with E-state index in [1.807, 2.05) is 0 Å². The average Bonchev–Trinajstić information content (AvgIpc) is 3.50. The summed E-state index contributed by atoms with van der Waals surface area (Å²) in [6, 6.07) is 5.64. The minimum atomic E-state index is -4.85. The average molecular weight is 425 g/mol. The molecule has 0 aromatic heterocycles. The minimum Gasteiger partial charge on any atom is -0.405 e. The monoisotopic (exact) mass is 425 g/mol. The predicted octanol–water partition coefficient (Wildman–Crippen LogP) is 5.47. The van der Waals surface area contributed by atoms with Gasteiger partial charge in [0.25, 0.3) is 0 Å². The van der Waals surface area contributed by atoms with E-state index in [1.165, 1.54) is 18.2 Å². The van der Waals surface area contributed by atoms with Crippen molar-refractivity contribution in [2.75, 3.05) is 6.61 Å². The molecule has 2 atom stereocenters. The lowest BCUT2D eigenvalue weighted by molar-refractivity contribution is -0.274. The first-order valence-corrected chi connectivity index (χ1v) is 10.6. The number of ether oxygens (including phenoxy) is 2. The molecule has 2 N–H and O–H groups in total. The number of halogens is 3. The lowest BCUT2D eigenvalue weighted by Crippen LogP contribution is -2.23. The molecule has 0 aliphatic heterocycles. The molecule has 2 unspecified atom stereocenters. The summed E-state index contributed by atoms with van der Waals surface area (Å²) in [6.45, 7) is 4.39. The molecule has 0 amide bonds. The van der Waals surface area contributed by atoms with Crippen LogP contribution in [0.5, 0.6) is 5.75 Å². The van der Waals surface area contributed by atoms with Crippen LogP contribution in [-0.2, 0) is 9.53 Å². The fourth-order valence-electron chi connectivity index (χ4n) is 4.07. The topological polar surface area (TPSA) is 61.5 Å². The highest BCUT2D eigenvalue weighted by Crippen LogP contribution is 2.37. The quantitative estimate of drug-likeness (QED) is 0.465. The van der Waals surface area contributed by atoms with Crippen molar-refractivity contribution >= 4 is 11.5 Å². The van der Waals surface area contributed by atoms with Crippen LogP contribution in [-0.4, -0.2) is 24.9 Å². The molecule has 166 valence electrons. The van der Waals surface area contributed by atoms with Gasteiger partial charge in [0.2, 0.25) is 0 Å². The van der Waals surface area contributed by atoms with Crippen LogP contribution in [0, 0.1) is 17.8 Å². The van der Waals surface area contributed by atoms with Gasteiger partial charge in [0.1, 0.15) is 5.75 Å². The molecule has 2 aliphatic rings. The van der Waals surface area contributed by atoms with Crippen molar-refractivity contribution in [3.8, 4) is 5.75 Å². The molecule has 1 aromatic carbocycles. The van der Waals surface area contributed by atoms with E-state index in [4.69, 9.17) is 10.5 Å². The fraction of sp³-hybridized carbons (Fsp3) is 0.609. The molecule has 0 spiro atoms. The van der Waals surface area contributed by atoms with E-state index in [0.717, 1.165) is 38.5 Å². The van der Waals surface area contributed by atoms with Gasteiger partial charge in [-0.05, 0) is 49.7 Å². The molecule has 1 aromatic rings. The van der Waals surface area contributed by atoms with E-state index in [2.05, 4.69) is 18.6 Å². The Kier molecular flexibility index (Phi) is 7.11. The van der Waals surface area contributed by atoms with Crippen LogP contribution in [0.2, 0.25) is 0 Å². The summed E-state index contributed by atoms with van der Waals surface area (Å²) < 4.78 is 48.7. The van der Waals surface area contributed by atoms with Gasteiger partial charge in [0, 0.05) is 17.1 Å². The molecule has 4 nitrogen and oxygen atoms in total. The highest BCUT2D eigenvalue weighted by atomic mass is 19.4. The zero-order valence-electron chi connectivity index (χ0n) is 17.5. The van der Waals surface area contributed by atoms with Gasteiger partial charge in [-0.25, -0.2) is 0 Å². The molecular weight excluding hydrogens is 395 g/mol. The van der Waals surface area contributed by atoms with Gasteiger partial charge in [0.05, 0.1) is 18.4 Å². The third kappa shape index (κ3) is 6.24. The zero-order chi connectivity index (χ0) is 21.9. The van der Waals surface area contributed by atoms with Crippen molar-refractivity contribution in [3.63, 3.8) is 0 Å². The summed E-state index contributed by atoms with van der Waals surface area (Å²) in [6.07, 6.45) is 0.812. The Bertz CT molecular complexity index is 774. The number of alkyl halides is 3. The van der Waals surface area contributed by atoms with Crippen LogP contribution in [0.25, 0.3) is 5.70 Å². The number of carbonyl (C=O) groups is 1. The molecule has 30 heavy (non-hydrogen) atoms. The van der Waals surface area contributed by atoms with E-state index in [9.17, 15) is 18.0 Å². The summed E-state index contributed by atoms with van der Waals surface area (Å²) in [5.41, 5.74) is 6.57. The first-order valence-electron chi connectivity index (χ1n) is 10.6. The van der Waals surface area contributed by atoms with Gasteiger partial charge in [-0.2, -0.15) is 0 Å². The largest absolute Gasteiger partial charge is 0.573 e. The Morgan fingerprint density at radius 1 is 1.07 bits per heavy atom. The Morgan fingerprint density at radius 3 is 2.23 bits per heavy atom. The number of benzene rings is 1. The second-order valence-corrected chi connectivity index (χ2v) is 8.77. The van der Waals surface area contributed by atoms with Gasteiger partial charge in [-0.15, -0.1) is 13.2 Å². The molecule has 0 radical (unpaired) electrons. The van der Waals surface area contributed by atoms with Crippen LogP contribution < -0.4 is 10.5 Å². The van der Waals surface area contributed by atoms with E-state index >= 15 is 0 Å². The first-order chi connectivity index (χ1) is 14.1. The smallest absolute Gasteiger partial charge is 0.405 e. The number of ketones is 1. The first kappa shape index (κ1) is 22.7. The van der Waals surface area contributed by atoms with Gasteiger partial charge in [0.15, 0.2) is 5.78 Å². The summed E-state index contributed by atoms with van der Waals surface area (Å²) in [5, 5.41) is 0. The number of carbonyl (C=O) groups excluding carboxylic acids is 1. The SMILES string of the molecule is CC1CCC(C)CC(OCC(C(=O)C2CC2)=C(N)c2ccccc2OC(F)(F)F)C1. The maximum atomic E-state index is 12.9. The summed E-state index contributed by atoms with van der Waals surface area (Å²) in [5.74, 6) is 0.392. The van der Waals surface area contributed by atoms with Crippen LogP contribution >= 0.6 is 0 Å². The molecule has 3 rings (SSSR count). The summed E-state index contributed by atoms with van der Waals surface area (Å²) in [7, 11) is 0. The molecule has 0 saturated heterocycles. The molecule has 2 fully saturated rings. The summed E-state index contributed by atoms with van der Waals surface area (Å²) in [4.78, 5) is 12.9. The number of hydrogen-bond donors (Lipinski definition) is 1. The Balaban J connectivity index is 1.86. The second-order valence-electron chi connectivity index (χ2n) is 8.77. The third-order valence-corrected chi connectivity index (χ3v) is 5.92. The zero-order valence-corrected chi connectivity index (χ0v) is 17.5. The number of nitrogens with two attached hydrogens (primary N) is 1. The van der Waals surface area contributed by atoms with Gasteiger partial charge in [-0.3, -0.25) is 4.79 Å². The van der Waals surface area contributed by atoms with Crippen molar-refractivity contribution in [2.45, 2.75) is 64.8 Å². The maximum absolute atomic E-state index is 12.9. The Labute approximate surface area is 175 Å². The number of para-hydroxylation sites is 1. The van der Waals surface area contributed by atoms with E-state index in [0.29, 0.717) is 11.8 Å². The lowest BCUT2D eigenvalue weighted by atomic mass is 9.99. The molecule has 0 heterocycles. The highest BCUT2D eigenvalue weighted by molar-refractivity contribution is 6.05. The molecule has 7 heteroatoms. The van der Waals surface area contributed by atoms with Gasteiger partial charge < -0.3 is 15.2 Å². The van der Waals surface area contributed by atoms with Crippen molar-refractivity contribution in [1.82, 2.24) is 0 Å².